The molecule has 6 heteroatoms. The van der Waals surface area contributed by atoms with Gasteiger partial charge in [0, 0.05) is 17.7 Å². The Morgan fingerprint density at radius 3 is 2.74 bits per heavy atom. The zero-order chi connectivity index (χ0) is 13.8. The van der Waals surface area contributed by atoms with Crippen molar-refractivity contribution in [3.05, 3.63) is 30.0 Å². The first-order valence-electron chi connectivity index (χ1n) is 5.86. The van der Waals surface area contributed by atoms with Crippen LogP contribution >= 0.6 is 11.8 Å². The molecule has 0 amide bonds. The van der Waals surface area contributed by atoms with Crippen molar-refractivity contribution in [3.63, 3.8) is 0 Å². The maximum atomic E-state index is 11.2. The number of aromatic nitrogens is 2. The second-order valence-electron chi connectivity index (χ2n) is 4.35. The van der Waals surface area contributed by atoms with Crippen molar-refractivity contribution in [3.8, 4) is 0 Å². The maximum absolute atomic E-state index is 11.2. The van der Waals surface area contributed by atoms with Gasteiger partial charge in [-0.15, -0.1) is 22.0 Å². The second-order valence-corrected chi connectivity index (χ2v) is 5.46. The summed E-state index contributed by atoms with van der Waals surface area (Å²) in [4.78, 5) is 14.0. The molecule has 5 nitrogen and oxygen atoms in total. The number of hydrogen-bond donors (Lipinski definition) is 1. The summed E-state index contributed by atoms with van der Waals surface area (Å²) in [6, 6.07) is 7.47. The number of thioether (sulfide) groups is 1. The summed E-state index contributed by atoms with van der Waals surface area (Å²) in [7, 11) is 3.98. The van der Waals surface area contributed by atoms with Gasteiger partial charge >= 0.3 is 5.97 Å². The molecule has 0 bridgehead atoms. The first kappa shape index (κ1) is 13.8. The van der Waals surface area contributed by atoms with Crippen LogP contribution < -0.4 is 0 Å². The molecule has 1 N–H and O–H groups in total. The Kier molecular flexibility index (Phi) is 4.34. The van der Waals surface area contributed by atoms with E-state index in [2.05, 4.69) is 15.1 Å². The molecule has 0 spiro atoms. The molecule has 0 atom stereocenters. The van der Waals surface area contributed by atoms with Crippen LogP contribution in [0.5, 0.6) is 0 Å². The molecule has 2 aromatic rings. The molecule has 0 radical (unpaired) electrons. The van der Waals surface area contributed by atoms with Crippen LogP contribution in [0, 0.1) is 0 Å². The predicted octanol–water partition coefficient (Wildman–Crippen LogP) is 1.98. The first-order chi connectivity index (χ1) is 9.09. The molecule has 0 saturated carbocycles. The fourth-order valence-corrected chi connectivity index (χ4v) is 2.90. The van der Waals surface area contributed by atoms with Gasteiger partial charge in [-0.2, -0.15) is 0 Å². The minimum Gasteiger partial charge on any atom is -0.476 e. The molecule has 0 saturated heterocycles. The van der Waals surface area contributed by atoms with Crippen molar-refractivity contribution in [2.24, 2.45) is 0 Å². The lowest BCUT2D eigenvalue weighted by atomic mass is 10.2. The molecule has 0 aliphatic rings. The van der Waals surface area contributed by atoms with Crippen molar-refractivity contribution in [2.45, 2.75) is 4.90 Å². The molecule has 2 rings (SSSR count). The van der Waals surface area contributed by atoms with E-state index in [9.17, 15) is 9.90 Å². The van der Waals surface area contributed by atoms with E-state index in [1.165, 1.54) is 11.8 Å². The third kappa shape index (κ3) is 3.21. The Labute approximate surface area is 115 Å². The number of benzene rings is 1. The number of carbonyl (C=O) groups is 1. The minimum atomic E-state index is -1.04. The monoisotopic (exact) mass is 277 g/mol. The summed E-state index contributed by atoms with van der Waals surface area (Å²) in [6.07, 6.45) is 0. The zero-order valence-electron chi connectivity index (χ0n) is 10.8. The van der Waals surface area contributed by atoms with E-state index in [0.29, 0.717) is 4.90 Å². The van der Waals surface area contributed by atoms with Gasteiger partial charge in [-0.3, -0.25) is 0 Å². The number of hydrogen-bond acceptors (Lipinski definition) is 5. The standard InChI is InChI=1S/C13H15N3O2S/c1-16(2)7-8-19-12-9-5-3-4-6-10(9)14-15-11(12)13(17)18/h3-6H,7-8H2,1-2H3,(H,17,18). The van der Waals surface area contributed by atoms with E-state index in [-0.39, 0.29) is 5.69 Å². The quantitative estimate of drug-likeness (QED) is 0.843. The number of nitrogens with zero attached hydrogens (tertiary/aromatic N) is 3. The van der Waals surface area contributed by atoms with E-state index in [4.69, 9.17) is 0 Å². The molecule has 0 fully saturated rings. The predicted molar refractivity (Wildman–Crippen MR) is 75.8 cm³/mol. The van der Waals surface area contributed by atoms with Gasteiger partial charge in [-0.05, 0) is 20.2 Å². The summed E-state index contributed by atoms with van der Waals surface area (Å²) in [5.74, 6) is -0.228. The Bertz CT molecular complexity index is 601. The average Bonchev–Trinajstić information content (AvgIpc) is 2.38. The molecule has 100 valence electrons. The van der Waals surface area contributed by atoms with Gasteiger partial charge in [0.2, 0.25) is 0 Å². The highest BCUT2D eigenvalue weighted by Gasteiger charge is 2.16. The highest BCUT2D eigenvalue weighted by atomic mass is 32.2. The van der Waals surface area contributed by atoms with Crippen LogP contribution in [0.15, 0.2) is 29.2 Å². The van der Waals surface area contributed by atoms with Crippen molar-refractivity contribution in [1.29, 1.82) is 0 Å². The molecule has 0 unspecified atom stereocenters. The van der Waals surface area contributed by atoms with Crippen molar-refractivity contribution in [1.82, 2.24) is 15.1 Å². The second kappa shape index (κ2) is 5.99. The van der Waals surface area contributed by atoms with Crippen LogP contribution in [-0.2, 0) is 0 Å². The number of fused-ring (bicyclic) bond motifs is 1. The third-order valence-corrected chi connectivity index (χ3v) is 3.70. The zero-order valence-corrected chi connectivity index (χ0v) is 11.6. The Hall–Kier alpha value is -1.66. The largest absolute Gasteiger partial charge is 0.476 e. The number of carboxylic acids is 1. The van der Waals surface area contributed by atoms with Gasteiger partial charge in [0.1, 0.15) is 0 Å². The van der Waals surface area contributed by atoms with E-state index < -0.39 is 5.97 Å². The third-order valence-electron chi connectivity index (χ3n) is 2.61. The first-order valence-corrected chi connectivity index (χ1v) is 6.84. The Balaban J connectivity index is 2.41. The van der Waals surface area contributed by atoms with Crippen LogP contribution in [-0.4, -0.2) is 52.6 Å². The van der Waals surface area contributed by atoms with Gasteiger partial charge in [0.05, 0.1) is 10.4 Å². The Morgan fingerprint density at radius 1 is 1.32 bits per heavy atom. The van der Waals surface area contributed by atoms with Gasteiger partial charge in [-0.1, -0.05) is 18.2 Å². The van der Waals surface area contributed by atoms with Crippen molar-refractivity contribution < 1.29 is 9.90 Å². The van der Waals surface area contributed by atoms with E-state index >= 15 is 0 Å². The summed E-state index contributed by atoms with van der Waals surface area (Å²) >= 11 is 1.51. The van der Waals surface area contributed by atoms with E-state index in [1.54, 1.807) is 0 Å². The molecule has 1 aromatic carbocycles. The van der Waals surface area contributed by atoms with Gasteiger partial charge < -0.3 is 10.0 Å². The molecule has 1 aromatic heterocycles. The summed E-state index contributed by atoms with van der Waals surface area (Å²) in [5.41, 5.74) is 0.752. The van der Waals surface area contributed by atoms with Gasteiger partial charge in [0.15, 0.2) is 5.69 Å². The fourth-order valence-electron chi connectivity index (χ4n) is 1.65. The smallest absolute Gasteiger partial charge is 0.357 e. The number of aromatic carboxylic acids is 1. The fraction of sp³-hybridized carbons (Fsp3) is 0.308. The van der Waals surface area contributed by atoms with Gasteiger partial charge in [-0.25, -0.2) is 4.79 Å². The lowest BCUT2D eigenvalue weighted by Crippen LogP contribution is -2.15. The number of rotatable bonds is 5. The van der Waals surface area contributed by atoms with Crippen LogP contribution in [0.25, 0.3) is 10.9 Å². The van der Waals surface area contributed by atoms with Crippen LogP contribution in [0.4, 0.5) is 0 Å². The van der Waals surface area contributed by atoms with Crippen molar-refractivity contribution >= 4 is 28.6 Å². The molecular weight excluding hydrogens is 262 g/mol. The van der Waals surface area contributed by atoms with Crippen LogP contribution in [0.1, 0.15) is 10.5 Å². The minimum absolute atomic E-state index is 0.0301. The summed E-state index contributed by atoms with van der Waals surface area (Å²) in [6.45, 7) is 0.875. The summed E-state index contributed by atoms with van der Waals surface area (Å²) < 4.78 is 0. The van der Waals surface area contributed by atoms with Crippen LogP contribution in [0.3, 0.4) is 0 Å². The lowest BCUT2D eigenvalue weighted by Gasteiger charge is -2.11. The topological polar surface area (TPSA) is 66.3 Å². The maximum Gasteiger partial charge on any atom is 0.357 e. The molecule has 0 aliphatic carbocycles. The van der Waals surface area contributed by atoms with Crippen molar-refractivity contribution in [2.75, 3.05) is 26.4 Å². The highest BCUT2D eigenvalue weighted by Crippen LogP contribution is 2.29. The average molecular weight is 277 g/mol. The van der Waals surface area contributed by atoms with Crippen LogP contribution in [0.2, 0.25) is 0 Å². The highest BCUT2D eigenvalue weighted by molar-refractivity contribution is 7.99. The SMILES string of the molecule is CN(C)CCSc1c(C(=O)O)nnc2ccccc12. The molecule has 0 aliphatic heterocycles. The molecule has 19 heavy (non-hydrogen) atoms. The molecular formula is C13H15N3O2S. The van der Waals surface area contributed by atoms with E-state index in [1.807, 2.05) is 38.4 Å². The van der Waals surface area contributed by atoms with E-state index in [0.717, 1.165) is 23.2 Å². The Morgan fingerprint density at radius 2 is 2.05 bits per heavy atom. The lowest BCUT2D eigenvalue weighted by molar-refractivity contribution is 0.0685. The number of carboxylic acid groups (broad SMARTS) is 1. The van der Waals surface area contributed by atoms with Gasteiger partial charge in [0.25, 0.3) is 0 Å². The normalized spacial score (nSPS) is 11.1. The summed E-state index contributed by atoms with van der Waals surface area (Å²) in [5, 5.41) is 17.8. The molecule has 1 heterocycles.